The van der Waals surface area contributed by atoms with Crippen LogP contribution < -0.4 is 0 Å². The number of alkyl halides is 6. The van der Waals surface area contributed by atoms with E-state index in [1.165, 1.54) is 0 Å². The van der Waals surface area contributed by atoms with Crippen LogP contribution in [0.15, 0.2) is 0 Å². The lowest BCUT2D eigenvalue weighted by Gasteiger charge is -2.29. The molecule has 0 heterocycles. The van der Waals surface area contributed by atoms with E-state index in [2.05, 4.69) is 9.47 Å². The Bertz CT molecular complexity index is 375. The van der Waals surface area contributed by atoms with E-state index in [4.69, 9.17) is 0 Å². The Morgan fingerprint density at radius 3 is 1.30 bits per heavy atom. The fourth-order valence-corrected chi connectivity index (χ4v) is 1.25. The third-order valence-electron chi connectivity index (χ3n) is 2.76. The molecule has 0 aliphatic rings. The number of unbranched alkanes of at least 4 members (excludes halogenated alkanes) is 2. The van der Waals surface area contributed by atoms with Gasteiger partial charge in [0.1, 0.15) is 0 Å². The van der Waals surface area contributed by atoms with Crippen LogP contribution in [0.1, 0.15) is 39.5 Å². The molecule has 0 aromatic rings. The van der Waals surface area contributed by atoms with Gasteiger partial charge in [0.05, 0.1) is 13.2 Å². The Hall–Kier alpha value is -1.48. The molecule has 0 aliphatic heterocycles. The predicted octanol–water partition coefficient (Wildman–Crippen LogP) is 3.58. The highest BCUT2D eigenvalue weighted by Crippen LogP contribution is 2.47. The van der Waals surface area contributed by atoms with Crippen molar-refractivity contribution < 1.29 is 45.4 Å². The molecule has 0 rings (SSSR count). The molecule has 0 saturated heterocycles. The number of hydrogen-bond donors (Lipinski definition) is 0. The summed E-state index contributed by atoms with van der Waals surface area (Å²) in [6, 6.07) is 0. The van der Waals surface area contributed by atoms with Gasteiger partial charge in [-0.2, -0.15) is 26.3 Å². The minimum absolute atomic E-state index is 0.0862. The standard InChI is InChI=1S/C13H18F6O4/c1-3-5-7-22-9(20)11(14,15)13(18,19)12(16,17)10(21)23-8-6-4-2/h3-8H2,1-2H3. The molecule has 4 nitrogen and oxygen atoms in total. The highest BCUT2D eigenvalue weighted by Gasteiger charge is 2.79. The summed E-state index contributed by atoms with van der Waals surface area (Å²) in [6.07, 6.45) is 0.968. The summed E-state index contributed by atoms with van der Waals surface area (Å²) in [4.78, 5) is 22.0. The number of ether oxygens (including phenoxy) is 2. The largest absolute Gasteiger partial charge is 0.461 e. The van der Waals surface area contributed by atoms with Gasteiger partial charge >= 0.3 is 29.7 Å². The topological polar surface area (TPSA) is 52.6 Å². The third-order valence-corrected chi connectivity index (χ3v) is 2.76. The SMILES string of the molecule is CCCCOC(=O)C(F)(F)C(F)(F)C(F)(F)C(=O)OCCCC. The Morgan fingerprint density at radius 2 is 1.04 bits per heavy atom. The van der Waals surface area contributed by atoms with Crippen LogP contribution in [0.2, 0.25) is 0 Å². The number of rotatable bonds is 10. The van der Waals surface area contributed by atoms with E-state index in [1.807, 2.05) is 0 Å². The van der Waals surface area contributed by atoms with E-state index in [-0.39, 0.29) is 12.8 Å². The molecule has 0 aromatic heterocycles. The van der Waals surface area contributed by atoms with Crippen LogP contribution in [0.3, 0.4) is 0 Å². The molecule has 10 heteroatoms. The summed E-state index contributed by atoms with van der Waals surface area (Å²) in [5.41, 5.74) is 0. The maximum absolute atomic E-state index is 13.4. The molecule has 0 aliphatic carbocycles. The zero-order valence-electron chi connectivity index (χ0n) is 12.6. The fraction of sp³-hybridized carbons (Fsp3) is 0.846. The van der Waals surface area contributed by atoms with Crippen molar-refractivity contribution in [3.63, 3.8) is 0 Å². The normalized spacial score (nSPS) is 12.9. The minimum atomic E-state index is -6.29. The van der Waals surface area contributed by atoms with Crippen molar-refractivity contribution >= 4 is 11.9 Å². The molecule has 0 atom stereocenters. The Labute approximate surface area is 129 Å². The second-order valence-corrected chi connectivity index (χ2v) is 4.70. The van der Waals surface area contributed by atoms with Crippen molar-refractivity contribution in [2.75, 3.05) is 13.2 Å². The average Bonchev–Trinajstić information content (AvgIpc) is 2.46. The van der Waals surface area contributed by atoms with E-state index in [1.54, 1.807) is 13.8 Å². The lowest BCUT2D eigenvalue weighted by molar-refractivity contribution is -0.301. The van der Waals surface area contributed by atoms with Crippen LogP contribution in [0.5, 0.6) is 0 Å². The third kappa shape index (κ3) is 4.74. The highest BCUT2D eigenvalue weighted by atomic mass is 19.3. The van der Waals surface area contributed by atoms with Gasteiger partial charge in [0.15, 0.2) is 0 Å². The predicted molar refractivity (Wildman–Crippen MR) is 66.6 cm³/mol. The first kappa shape index (κ1) is 21.5. The molecule has 0 N–H and O–H groups in total. The van der Waals surface area contributed by atoms with E-state index in [0.717, 1.165) is 0 Å². The van der Waals surface area contributed by atoms with Crippen LogP contribution >= 0.6 is 0 Å². The molecule has 0 amide bonds. The minimum Gasteiger partial charge on any atom is -0.461 e. The first-order valence-corrected chi connectivity index (χ1v) is 6.94. The number of esters is 2. The maximum Gasteiger partial charge on any atom is 0.411 e. The maximum atomic E-state index is 13.4. The first-order chi connectivity index (χ1) is 10.5. The van der Waals surface area contributed by atoms with Gasteiger partial charge in [-0.15, -0.1) is 0 Å². The molecular weight excluding hydrogens is 334 g/mol. The Morgan fingerprint density at radius 1 is 0.739 bits per heavy atom. The summed E-state index contributed by atoms with van der Waals surface area (Å²) in [6.45, 7) is 1.93. The second-order valence-electron chi connectivity index (χ2n) is 4.70. The Balaban J connectivity index is 5.15. The zero-order chi connectivity index (χ0) is 18.3. The van der Waals surface area contributed by atoms with Crippen molar-refractivity contribution in [1.29, 1.82) is 0 Å². The molecule has 0 aromatic carbocycles. The molecule has 0 unspecified atom stereocenters. The smallest absolute Gasteiger partial charge is 0.411 e. The van der Waals surface area contributed by atoms with Gasteiger partial charge in [0.25, 0.3) is 0 Å². The van der Waals surface area contributed by atoms with Gasteiger partial charge in [0.2, 0.25) is 0 Å². The van der Waals surface area contributed by atoms with Crippen LogP contribution in [0, 0.1) is 0 Å². The Kier molecular flexibility index (Phi) is 7.85. The van der Waals surface area contributed by atoms with Gasteiger partial charge in [-0.05, 0) is 12.8 Å². The molecule has 0 saturated carbocycles. The molecule has 136 valence electrons. The summed E-state index contributed by atoms with van der Waals surface area (Å²) < 4.78 is 87.9. The lowest BCUT2D eigenvalue weighted by Crippen LogP contribution is -2.61. The highest BCUT2D eigenvalue weighted by molar-refractivity contribution is 5.84. The van der Waals surface area contributed by atoms with Crippen LogP contribution in [0.4, 0.5) is 26.3 Å². The van der Waals surface area contributed by atoms with E-state index in [0.29, 0.717) is 12.8 Å². The average molecular weight is 352 g/mol. The van der Waals surface area contributed by atoms with Crippen LogP contribution in [-0.2, 0) is 19.1 Å². The quantitative estimate of drug-likeness (QED) is 0.343. The molecule has 0 fully saturated rings. The van der Waals surface area contributed by atoms with Crippen molar-refractivity contribution in [2.24, 2.45) is 0 Å². The van der Waals surface area contributed by atoms with Gasteiger partial charge in [-0.25, -0.2) is 9.59 Å². The zero-order valence-corrected chi connectivity index (χ0v) is 12.6. The summed E-state index contributed by atoms with van der Waals surface area (Å²) >= 11 is 0. The number of halogens is 6. The molecule has 23 heavy (non-hydrogen) atoms. The van der Waals surface area contributed by atoms with Crippen molar-refractivity contribution in [2.45, 2.75) is 57.3 Å². The summed E-state index contributed by atoms with van der Waals surface area (Å²) in [7, 11) is 0. The monoisotopic (exact) mass is 352 g/mol. The van der Waals surface area contributed by atoms with Crippen molar-refractivity contribution in [1.82, 2.24) is 0 Å². The molecule has 0 spiro atoms. The molecule has 0 radical (unpaired) electrons. The first-order valence-electron chi connectivity index (χ1n) is 6.94. The van der Waals surface area contributed by atoms with Crippen LogP contribution in [-0.4, -0.2) is 42.9 Å². The van der Waals surface area contributed by atoms with Gasteiger partial charge in [-0.3, -0.25) is 0 Å². The second kappa shape index (κ2) is 8.39. The van der Waals surface area contributed by atoms with Gasteiger partial charge in [-0.1, -0.05) is 26.7 Å². The number of carbonyl (C=O) groups is 2. The van der Waals surface area contributed by atoms with Gasteiger partial charge in [0, 0.05) is 0 Å². The van der Waals surface area contributed by atoms with E-state index < -0.39 is 42.9 Å². The van der Waals surface area contributed by atoms with Gasteiger partial charge < -0.3 is 9.47 Å². The summed E-state index contributed by atoms with van der Waals surface area (Å²) in [5, 5.41) is 0. The van der Waals surface area contributed by atoms with Crippen molar-refractivity contribution in [3.05, 3.63) is 0 Å². The lowest BCUT2D eigenvalue weighted by atomic mass is 10.0. The van der Waals surface area contributed by atoms with Crippen molar-refractivity contribution in [3.8, 4) is 0 Å². The van der Waals surface area contributed by atoms with E-state index in [9.17, 15) is 35.9 Å². The van der Waals surface area contributed by atoms with Crippen LogP contribution in [0.25, 0.3) is 0 Å². The number of hydrogen-bond acceptors (Lipinski definition) is 4. The summed E-state index contributed by atoms with van der Waals surface area (Å²) in [5.74, 6) is -23.7. The number of carbonyl (C=O) groups excluding carboxylic acids is 2. The molecular formula is C13H18F6O4. The fourth-order valence-electron chi connectivity index (χ4n) is 1.25. The molecule has 0 bridgehead atoms. The van der Waals surface area contributed by atoms with E-state index >= 15 is 0 Å².